The van der Waals surface area contributed by atoms with Crippen LogP contribution in [0.1, 0.15) is 65.5 Å². The van der Waals surface area contributed by atoms with Crippen LogP contribution in [0.3, 0.4) is 0 Å². The average molecular weight is 488 g/mol. The molecule has 2 atom stereocenters. The van der Waals surface area contributed by atoms with Crippen molar-refractivity contribution in [1.29, 1.82) is 0 Å². The molecule has 0 aliphatic rings. The number of pyridine rings is 1. The van der Waals surface area contributed by atoms with Crippen LogP contribution < -0.4 is 26.4 Å². The van der Waals surface area contributed by atoms with Crippen LogP contribution in [0.25, 0.3) is 10.9 Å². The Kier molecular flexibility index (Phi) is 10.6. The van der Waals surface area contributed by atoms with Gasteiger partial charge in [-0.25, -0.2) is 4.79 Å². The van der Waals surface area contributed by atoms with Crippen molar-refractivity contribution in [3.05, 3.63) is 30.0 Å². The lowest BCUT2D eigenvalue weighted by Gasteiger charge is -2.21. The smallest absolute Gasteiger partial charge is 0.320 e. The zero-order valence-electron chi connectivity index (χ0n) is 21.6. The van der Waals surface area contributed by atoms with Gasteiger partial charge in [-0.15, -0.1) is 0 Å². The highest BCUT2D eigenvalue weighted by atomic mass is 16.5. The predicted octanol–water partition coefficient (Wildman–Crippen LogP) is 4.00. The first-order valence-electron chi connectivity index (χ1n) is 12.3. The molecule has 2 amide bonds. The second-order valence-corrected chi connectivity index (χ2v) is 10.0. The number of nitrogens with one attached hydrogen (secondary N) is 3. The van der Waals surface area contributed by atoms with E-state index < -0.39 is 12.0 Å². The monoisotopic (exact) mass is 487 g/mol. The summed E-state index contributed by atoms with van der Waals surface area (Å²) in [6.45, 7) is 9.62. The van der Waals surface area contributed by atoms with Gasteiger partial charge >= 0.3 is 12.0 Å². The number of hydrogen-bond acceptors (Lipinski definition) is 6. The first-order chi connectivity index (χ1) is 16.5. The standard InChI is InChI=1S/C26H41N5O4/c1-17(9-8-14-29-25(34)28-13-7-6-10-20(27)24(32)33)30-21-16-19(35-5)15-18-11-12-22(26(2,3)4)31-23(18)21/h11-12,15-17,20,30H,6-10,13-14,27H2,1-5H3,(H,32,33)(H2,28,29,34)/t17?,20-/m1/s1. The topological polar surface area (TPSA) is 139 Å². The van der Waals surface area contributed by atoms with E-state index in [2.05, 4.69) is 55.8 Å². The molecule has 2 aromatic rings. The second kappa shape index (κ2) is 13.1. The molecule has 6 N–H and O–H groups in total. The van der Waals surface area contributed by atoms with Gasteiger partial charge in [-0.2, -0.15) is 0 Å². The second-order valence-electron chi connectivity index (χ2n) is 10.0. The number of carbonyl (C=O) groups is 2. The van der Waals surface area contributed by atoms with E-state index in [4.69, 9.17) is 20.6 Å². The van der Waals surface area contributed by atoms with Crippen molar-refractivity contribution < 1.29 is 19.4 Å². The van der Waals surface area contributed by atoms with Gasteiger partial charge < -0.3 is 31.5 Å². The van der Waals surface area contributed by atoms with Crippen LogP contribution in [0.2, 0.25) is 0 Å². The number of nitrogens with two attached hydrogens (primary N) is 1. The van der Waals surface area contributed by atoms with Crippen molar-refractivity contribution in [3.63, 3.8) is 0 Å². The number of amides is 2. The number of fused-ring (bicyclic) bond motifs is 1. The van der Waals surface area contributed by atoms with E-state index in [1.807, 2.05) is 12.1 Å². The van der Waals surface area contributed by atoms with Gasteiger partial charge in [0.25, 0.3) is 0 Å². The SMILES string of the molecule is COc1cc(NC(C)CCCNC(=O)NCCCC[C@@H](N)C(=O)O)c2nc(C(C)(C)C)ccc2c1. The third kappa shape index (κ3) is 9.24. The fraction of sp³-hybridized carbons (Fsp3) is 0.577. The number of aliphatic carboxylic acids is 1. The highest BCUT2D eigenvalue weighted by Gasteiger charge is 2.18. The lowest BCUT2D eigenvalue weighted by atomic mass is 9.91. The number of rotatable bonds is 13. The van der Waals surface area contributed by atoms with Crippen molar-refractivity contribution in [1.82, 2.24) is 15.6 Å². The summed E-state index contributed by atoms with van der Waals surface area (Å²) >= 11 is 0. The molecule has 1 unspecified atom stereocenters. The Morgan fingerprint density at radius 1 is 1.09 bits per heavy atom. The maximum atomic E-state index is 11.9. The fourth-order valence-corrected chi connectivity index (χ4v) is 3.68. The molecule has 0 fully saturated rings. The van der Waals surface area contributed by atoms with Gasteiger partial charge in [0.05, 0.1) is 18.3 Å². The quantitative estimate of drug-likeness (QED) is 0.269. The Bertz CT molecular complexity index is 990. The molecular formula is C26H41N5O4. The van der Waals surface area contributed by atoms with Gasteiger partial charge in [0, 0.05) is 41.7 Å². The maximum absolute atomic E-state index is 11.9. The largest absolute Gasteiger partial charge is 0.497 e. The molecule has 0 saturated carbocycles. The Morgan fingerprint density at radius 2 is 1.77 bits per heavy atom. The first-order valence-corrected chi connectivity index (χ1v) is 12.3. The van der Waals surface area contributed by atoms with Crippen molar-refractivity contribution in [3.8, 4) is 5.75 Å². The highest BCUT2D eigenvalue weighted by Crippen LogP contribution is 2.31. The molecule has 9 heteroatoms. The van der Waals surface area contributed by atoms with Crippen LogP contribution in [0.15, 0.2) is 24.3 Å². The summed E-state index contributed by atoms with van der Waals surface area (Å²) in [6.07, 6.45) is 3.43. The molecule has 0 saturated heterocycles. The molecule has 0 bridgehead atoms. The number of aromatic nitrogens is 1. The van der Waals surface area contributed by atoms with Crippen molar-refractivity contribution in [2.24, 2.45) is 5.73 Å². The molecule has 0 spiro atoms. The minimum absolute atomic E-state index is 0.0471. The van der Waals surface area contributed by atoms with Crippen molar-refractivity contribution in [2.75, 3.05) is 25.5 Å². The van der Waals surface area contributed by atoms with Gasteiger partial charge in [-0.05, 0) is 51.2 Å². The molecule has 194 valence electrons. The maximum Gasteiger partial charge on any atom is 0.320 e. The van der Waals surface area contributed by atoms with E-state index in [1.165, 1.54) is 0 Å². The van der Waals surface area contributed by atoms with Crippen molar-refractivity contribution in [2.45, 2.75) is 77.3 Å². The number of ether oxygens (including phenoxy) is 1. The number of benzene rings is 1. The van der Waals surface area contributed by atoms with E-state index in [0.717, 1.165) is 40.9 Å². The molecule has 2 rings (SSSR count). The molecule has 1 aromatic heterocycles. The van der Waals surface area contributed by atoms with Gasteiger partial charge in [0.1, 0.15) is 11.8 Å². The number of carboxylic acids is 1. The lowest BCUT2D eigenvalue weighted by molar-refractivity contribution is -0.138. The van der Waals surface area contributed by atoms with E-state index in [-0.39, 0.29) is 17.5 Å². The zero-order chi connectivity index (χ0) is 26.0. The molecular weight excluding hydrogens is 446 g/mol. The van der Waals surface area contributed by atoms with Gasteiger partial charge in [0.2, 0.25) is 0 Å². The molecule has 0 aliphatic heterocycles. The Hall–Kier alpha value is -3.07. The van der Waals surface area contributed by atoms with Crippen LogP contribution in [-0.2, 0) is 10.2 Å². The number of anilines is 1. The highest BCUT2D eigenvalue weighted by molar-refractivity contribution is 5.92. The third-order valence-electron chi connectivity index (χ3n) is 5.82. The first kappa shape index (κ1) is 28.2. The molecule has 1 heterocycles. The average Bonchev–Trinajstić information content (AvgIpc) is 2.80. The fourth-order valence-electron chi connectivity index (χ4n) is 3.68. The van der Waals surface area contributed by atoms with Gasteiger partial charge in [-0.1, -0.05) is 26.8 Å². The van der Waals surface area contributed by atoms with Gasteiger partial charge in [0.15, 0.2) is 0 Å². The van der Waals surface area contributed by atoms with Crippen LogP contribution in [0.4, 0.5) is 10.5 Å². The van der Waals surface area contributed by atoms with Crippen molar-refractivity contribution >= 4 is 28.6 Å². The molecule has 0 radical (unpaired) electrons. The minimum Gasteiger partial charge on any atom is -0.497 e. The summed E-state index contributed by atoms with van der Waals surface area (Å²) in [7, 11) is 1.66. The van der Waals surface area contributed by atoms with E-state index >= 15 is 0 Å². The van der Waals surface area contributed by atoms with Crippen LogP contribution in [-0.4, -0.2) is 54.4 Å². The predicted molar refractivity (Wildman–Crippen MR) is 140 cm³/mol. The van der Waals surface area contributed by atoms with E-state index in [0.29, 0.717) is 32.4 Å². The molecule has 9 nitrogen and oxygen atoms in total. The summed E-state index contributed by atoms with van der Waals surface area (Å²) < 4.78 is 5.48. The van der Waals surface area contributed by atoms with Gasteiger partial charge in [-0.3, -0.25) is 9.78 Å². The summed E-state index contributed by atoms with van der Waals surface area (Å²) in [6, 6.07) is 7.24. The Balaban J connectivity index is 1.80. The summed E-state index contributed by atoms with van der Waals surface area (Å²) in [4.78, 5) is 27.6. The Morgan fingerprint density at radius 3 is 2.40 bits per heavy atom. The number of hydrogen-bond donors (Lipinski definition) is 5. The minimum atomic E-state index is -0.995. The summed E-state index contributed by atoms with van der Waals surface area (Å²) in [5, 5.41) is 19.0. The molecule has 1 aromatic carbocycles. The van der Waals surface area contributed by atoms with E-state index in [9.17, 15) is 9.59 Å². The van der Waals surface area contributed by atoms with Crippen LogP contribution in [0, 0.1) is 0 Å². The Labute approximate surface area is 208 Å². The number of methoxy groups -OCH3 is 1. The number of nitrogens with zero attached hydrogens (tertiary/aromatic N) is 1. The number of carbonyl (C=O) groups excluding carboxylic acids is 1. The number of urea groups is 1. The summed E-state index contributed by atoms with van der Waals surface area (Å²) in [5.41, 5.74) is 8.31. The number of carboxylic acid groups (broad SMARTS) is 1. The third-order valence-corrected chi connectivity index (χ3v) is 5.82. The molecule has 0 aliphatic carbocycles. The normalized spacial score (nSPS) is 13.2. The lowest BCUT2D eigenvalue weighted by Crippen LogP contribution is -2.37. The van der Waals surface area contributed by atoms with Crippen LogP contribution >= 0.6 is 0 Å². The summed E-state index contributed by atoms with van der Waals surface area (Å²) in [5.74, 6) is -0.217. The van der Waals surface area contributed by atoms with Crippen LogP contribution in [0.5, 0.6) is 5.75 Å². The zero-order valence-corrected chi connectivity index (χ0v) is 21.6. The number of unbranched alkanes of at least 4 members (excludes halogenated alkanes) is 1. The van der Waals surface area contributed by atoms with E-state index in [1.54, 1.807) is 7.11 Å². The molecule has 35 heavy (non-hydrogen) atoms.